The predicted octanol–water partition coefficient (Wildman–Crippen LogP) is 2.87. The molecule has 0 fully saturated rings. The van der Waals surface area contributed by atoms with Crippen LogP contribution in [0.2, 0.25) is 0 Å². The molecule has 0 aliphatic heterocycles. The Morgan fingerprint density at radius 2 is 1.70 bits per heavy atom. The van der Waals surface area contributed by atoms with Crippen LogP contribution < -0.4 is 5.43 Å². The van der Waals surface area contributed by atoms with E-state index >= 15 is 0 Å². The maximum absolute atomic E-state index is 12.0. The summed E-state index contributed by atoms with van der Waals surface area (Å²) in [7, 11) is -3.32. The second-order valence-electron chi connectivity index (χ2n) is 4.38. The molecule has 0 spiro atoms. The highest BCUT2D eigenvalue weighted by molar-refractivity contribution is 7.92. The van der Waals surface area contributed by atoms with Crippen molar-refractivity contribution in [2.24, 2.45) is 5.10 Å². The minimum absolute atomic E-state index is 0.129. The third-order valence-electron chi connectivity index (χ3n) is 2.73. The van der Waals surface area contributed by atoms with Gasteiger partial charge in [-0.15, -0.1) is 0 Å². The van der Waals surface area contributed by atoms with Gasteiger partial charge in [0, 0.05) is 6.21 Å². The van der Waals surface area contributed by atoms with Crippen LogP contribution in [0.3, 0.4) is 0 Å². The van der Waals surface area contributed by atoms with E-state index in [-0.39, 0.29) is 5.75 Å². The average molecular weight is 288 g/mol. The van der Waals surface area contributed by atoms with Crippen molar-refractivity contribution in [2.75, 3.05) is 11.2 Å². The molecule has 0 amide bonds. The van der Waals surface area contributed by atoms with E-state index in [2.05, 4.69) is 10.5 Å². The number of benzene rings is 2. The molecule has 0 heterocycles. The molecule has 0 unspecified atom stereocenters. The second-order valence-corrected chi connectivity index (χ2v) is 6.42. The van der Waals surface area contributed by atoms with Gasteiger partial charge >= 0.3 is 0 Å². The van der Waals surface area contributed by atoms with Gasteiger partial charge in [-0.2, -0.15) is 5.10 Å². The molecule has 2 rings (SSSR count). The minimum Gasteiger partial charge on any atom is -0.279 e. The summed E-state index contributed by atoms with van der Waals surface area (Å²) in [5.41, 5.74) is 4.63. The molecular weight excluding hydrogens is 272 g/mol. The Hall–Kier alpha value is -2.14. The lowest BCUT2D eigenvalue weighted by Crippen LogP contribution is -2.08. The zero-order valence-electron chi connectivity index (χ0n) is 11.2. The highest BCUT2D eigenvalue weighted by Crippen LogP contribution is 2.11. The number of hydrogen-bond acceptors (Lipinski definition) is 4. The summed E-state index contributed by atoms with van der Waals surface area (Å²) in [6.45, 7) is 1.92. The highest BCUT2D eigenvalue weighted by Gasteiger charge is 2.11. The van der Waals surface area contributed by atoms with E-state index in [1.165, 1.54) is 6.21 Å². The van der Waals surface area contributed by atoms with Crippen molar-refractivity contribution < 1.29 is 8.42 Å². The van der Waals surface area contributed by atoms with Crippen molar-refractivity contribution in [3.8, 4) is 0 Å². The lowest BCUT2D eigenvalue weighted by molar-refractivity contribution is 0.600. The van der Waals surface area contributed by atoms with Crippen LogP contribution in [0.5, 0.6) is 0 Å². The molecule has 104 valence electrons. The summed E-state index contributed by atoms with van der Waals surface area (Å²) in [6.07, 6.45) is 1.36. The zero-order chi connectivity index (χ0) is 14.4. The summed E-state index contributed by atoms with van der Waals surface area (Å²) >= 11 is 0. The molecule has 0 radical (unpaired) electrons. The molecule has 20 heavy (non-hydrogen) atoms. The Morgan fingerprint density at radius 3 is 2.35 bits per heavy atom. The number of nitrogens with zero attached hydrogens (tertiary/aromatic N) is 1. The number of anilines is 1. The normalized spacial score (nSPS) is 11.7. The molecule has 0 aliphatic carbocycles. The average Bonchev–Trinajstić information content (AvgIpc) is 2.45. The maximum atomic E-state index is 12.0. The summed E-state index contributed by atoms with van der Waals surface area (Å²) < 4.78 is 24.1. The lowest BCUT2D eigenvalue weighted by atomic mass is 10.2. The maximum Gasteiger partial charge on any atom is 0.183 e. The first-order valence-corrected chi connectivity index (χ1v) is 7.85. The molecule has 2 aromatic rings. The van der Waals surface area contributed by atoms with Gasteiger partial charge in [-0.3, -0.25) is 5.43 Å². The zero-order valence-corrected chi connectivity index (χ0v) is 12.0. The Bertz CT molecular complexity index is 678. The Morgan fingerprint density at radius 1 is 1.05 bits per heavy atom. The van der Waals surface area contributed by atoms with Crippen LogP contribution in [0.25, 0.3) is 0 Å². The minimum atomic E-state index is -3.32. The van der Waals surface area contributed by atoms with Crippen LogP contribution in [0.15, 0.2) is 64.6 Å². The number of nitrogens with one attached hydrogen (secondary N) is 1. The number of hydrogen-bond donors (Lipinski definition) is 1. The van der Waals surface area contributed by atoms with E-state index < -0.39 is 9.84 Å². The van der Waals surface area contributed by atoms with Crippen LogP contribution in [-0.2, 0) is 9.84 Å². The molecule has 0 aromatic heterocycles. The monoisotopic (exact) mass is 288 g/mol. The molecule has 0 saturated heterocycles. The first-order chi connectivity index (χ1) is 9.58. The topological polar surface area (TPSA) is 58.5 Å². The Labute approximate surface area is 119 Å². The number of para-hydroxylation sites is 1. The Balaban J connectivity index is 1.97. The van der Waals surface area contributed by atoms with Crippen molar-refractivity contribution >= 4 is 21.7 Å². The van der Waals surface area contributed by atoms with Gasteiger partial charge < -0.3 is 0 Å². The first kappa shape index (κ1) is 14.3. The third kappa shape index (κ3) is 3.93. The van der Waals surface area contributed by atoms with E-state index in [1.807, 2.05) is 37.3 Å². The van der Waals surface area contributed by atoms with E-state index in [9.17, 15) is 8.42 Å². The van der Waals surface area contributed by atoms with Crippen LogP contribution in [0.1, 0.15) is 5.56 Å². The van der Waals surface area contributed by atoms with Gasteiger partial charge in [-0.1, -0.05) is 35.9 Å². The van der Waals surface area contributed by atoms with Crippen LogP contribution in [0.4, 0.5) is 5.69 Å². The van der Waals surface area contributed by atoms with Gasteiger partial charge in [0.2, 0.25) is 0 Å². The van der Waals surface area contributed by atoms with Crippen molar-refractivity contribution in [2.45, 2.75) is 11.8 Å². The molecule has 0 saturated carbocycles. The Kier molecular flexibility index (Phi) is 4.53. The van der Waals surface area contributed by atoms with E-state index in [0.717, 1.165) is 11.3 Å². The lowest BCUT2D eigenvalue weighted by Gasteiger charge is -2.02. The summed E-state index contributed by atoms with van der Waals surface area (Å²) in [4.78, 5) is 0.314. The van der Waals surface area contributed by atoms with Gasteiger partial charge in [0.15, 0.2) is 9.84 Å². The van der Waals surface area contributed by atoms with E-state index in [0.29, 0.717) is 4.90 Å². The van der Waals surface area contributed by atoms with Crippen LogP contribution in [0, 0.1) is 6.92 Å². The van der Waals surface area contributed by atoms with Crippen LogP contribution >= 0.6 is 0 Å². The number of rotatable bonds is 5. The predicted molar refractivity (Wildman–Crippen MR) is 81.8 cm³/mol. The van der Waals surface area contributed by atoms with E-state index in [1.54, 1.807) is 24.3 Å². The molecule has 5 heteroatoms. The van der Waals surface area contributed by atoms with Crippen molar-refractivity contribution in [1.82, 2.24) is 0 Å². The molecule has 0 aliphatic rings. The van der Waals surface area contributed by atoms with Gasteiger partial charge in [-0.05, 0) is 31.2 Å². The molecule has 1 N–H and O–H groups in total. The molecule has 4 nitrogen and oxygen atoms in total. The SMILES string of the molecule is Cc1ccc(S(=O)(=O)CC=NNc2ccccc2)cc1. The molecular formula is C15H16N2O2S. The summed E-state index contributed by atoms with van der Waals surface area (Å²) in [5, 5.41) is 3.92. The van der Waals surface area contributed by atoms with E-state index in [4.69, 9.17) is 0 Å². The summed E-state index contributed by atoms with van der Waals surface area (Å²) in [6, 6.07) is 16.2. The summed E-state index contributed by atoms with van der Waals surface area (Å²) in [5.74, 6) is -0.129. The van der Waals surface area contributed by atoms with Gasteiger partial charge in [0.25, 0.3) is 0 Å². The molecule has 0 bridgehead atoms. The fourth-order valence-corrected chi connectivity index (χ4v) is 2.62. The largest absolute Gasteiger partial charge is 0.279 e. The van der Waals surface area contributed by atoms with Crippen molar-refractivity contribution in [3.63, 3.8) is 0 Å². The van der Waals surface area contributed by atoms with Crippen molar-refractivity contribution in [1.29, 1.82) is 0 Å². The quantitative estimate of drug-likeness (QED) is 0.680. The standard InChI is InChI=1S/C15H16N2O2S/c1-13-7-9-15(10-8-13)20(18,19)12-11-16-17-14-5-3-2-4-6-14/h2-11,17H,12H2,1H3. The molecule has 2 aromatic carbocycles. The highest BCUT2D eigenvalue weighted by atomic mass is 32.2. The number of aryl methyl sites for hydroxylation is 1. The van der Waals surface area contributed by atoms with Gasteiger partial charge in [-0.25, -0.2) is 8.42 Å². The molecule has 0 atom stereocenters. The fraction of sp³-hybridized carbons (Fsp3) is 0.133. The first-order valence-electron chi connectivity index (χ1n) is 6.20. The smallest absolute Gasteiger partial charge is 0.183 e. The van der Waals surface area contributed by atoms with Gasteiger partial charge in [0.05, 0.1) is 16.3 Å². The number of sulfone groups is 1. The number of hydrazone groups is 1. The third-order valence-corrected chi connectivity index (χ3v) is 4.31. The van der Waals surface area contributed by atoms with Gasteiger partial charge in [0.1, 0.15) is 0 Å². The van der Waals surface area contributed by atoms with Crippen molar-refractivity contribution in [3.05, 3.63) is 60.2 Å². The van der Waals surface area contributed by atoms with Crippen LogP contribution in [-0.4, -0.2) is 20.4 Å². The second kappa shape index (κ2) is 6.34. The fourth-order valence-electron chi connectivity index (χ4n) is 1.61.